The van der Waals surface area contributed by atoms with Crippen LogP contribution in [0.3, 0.4) is 0 Å². The highest BCUT2D eigenvalue weighted by atomic mass is 16.6. The fourth-order valence-corrected chi connectivity index (χ4v) is 2.27. The molecule has 1 N–H and O–H groups in total. The van der Waals surface area contributed by atoms with Crippen LogP contribution in [0.2, 0.25) is 0 Å². The van der Waals surface area contributed by atoms with Crippen LogP contribution in [0.25, 0.3) is 0 Å². The largest absolute Gasteiger partial charge is 0.462 e. The molecule has 3 rings (SSSR count). The van der Waals surface area contributed by atoms with E-state index in [2.05, 4.69) is 0 Å². The van der Waals surface area contributed by atoms with Gasteiger partial charge in [-0.25, -0.2) is 4.79 Å². The number of aliphatic hydroxyl groups is 1. The molecule has 0 bridgehead atoms. The molecule has 1 aliphatic rings. The van der Waals surface area contributed by atoms with Crippen molar-refractivity contribution < 1.29 is 24.2 Å². The molecule has 1 heterocycles. The van der Waals surface area contributed by atoms with Gasteiger partial charge in [0.15, 0.2) is 5.78 Å². The number of rotatable bonds is 6. The molecule has 0 spiro atoms. The van der Waals surface area contributed by atoms with Gasteiger partial charge in [0.2, 0.25) is 0 Å². The lowest BCUT2D eigenvalue weighted by Crippen LogP contribution is -2.04. The summed E-state index contributed by atoms with van der Waals surface area (Å²) in [5, 5.41) is 8.53. The molecule has 1 fully saturated rings. The first kappa shape index (κ1) is 19.8. The minimum atomic E-state index is -0.268. The Balaban J connectivity index is 0.000000190. The molecule has 0 amide bonds. The van der Waals surface area contributed by atoms with Crippen LogP contribution in [0.5, 0.6) is 0 Å². The summed E-state index contributed by atoms with van der Waals surface area (Å²) >= 11 is 0. The molecule has 1 unspecified atom stereocenters. The second-order valence-electron chi connectivity index (χ2n) is 5.93. The number of aryl methyl sites for hydroxylation is 1. The molecule has 1 saturated heterocycles. The van der Waals surface area contributed by atoms with E-state index in [1.54, 1.807) is 31.2 Å². The van der Waals surface area contributed by atoms with Gasteiger partial charge in [-0.05, 0) is 31.5 Å². The molecule has 0 radical (unpaired) electrons. The topological polar surface area (TPSA) is 76.1 Å². The smallest absolute Gasteiger partial charge is 0.338 e. The Hall–Kier alpha value is -2.50. The van der Waals surface area contributed by atoms with Gasteiger partial charge in [0.05, 0.1) is 25.4 Å². The van der Waals surface area contributed by atoms with E-state index >= 15 is 0 Å². The predicted molar refractivity (Wildman–Crippen MR) is 98.3 cm³/mol. The van der Waals surface area contributed by atoms with Gasteiger partial charge in [-0.1, -0.05) is 42.0 Å². The molecule has 0 aliphatic carbocycles. The van der Waals surface area contributed by atoms with Gasteiger partial charge in [0, 0.05) is 12.0 Å². The van der Waals surface area contributed by atoms with Crippen molar-refractivity contribution in [2.75, 3.05) is 19.8 Å². The van der Waals surface area contributed by atoms with E-state index < -0.39 is 0 Å². The van der Waals surface area contributed by atoms with Crippen LogP contribution in [-0.4, -0.2) is 36.7 Å². The first-order valence-corrected chi connectivity index (χ1v) is 8.64. The summed E-state index contributed by atoms with van der Waals surface area (Å²) in [5.41, 5.74) is 3.53. The molecule has 1 atom stereocenters. The van der Waals surface area contributed by atoms with E-state index in [9.17, 15) is 9.59 Å². The number of ketones is 1. The lowest BCUT2D eigenvalue weighted by molar-refractivity contribution is 0.0526. The number of hydrogen-bond donors (Lipinski definition) is 1. The zero-order chi connectivity index (χ0) is 18.9. The van der Waals surface area contributed by atoms with Gasteiger partial charge >= 0.3 is 5.97 Å². The minimum Gasteiger partial charge on any atom is -0.462 e. The fourth-order valence-electron chi connectivity index (χ4n) is 2.27. The molecule has 0 aromatic heterocycles. The minimum absolute atomic E-state index is 0.00231. The molecule has 2 aromatic rings. The number of aliphatic hydroxyl groups excluding tert-OH is 1. The summed E-state index contributed by atoms with van der Waals surface area (Å²) in [5.74, 6) is -0.270. The van der Waals surface area contributed by atoms with Crippen molar-refractivity contribution >= 4 is 11.8 Å². The summed E-state index contributed by atoms with van der Waals surface area (Å²) < 4.78 is 10.00. The van der Waals surface area contributed by atoms with Gasteiger partial charge < -0.3 is 14.6 Å². The highest BCUT2D eigenvalue weighted by Crippen LogP contribution is 2.29. The van der Waals surface area contributed by atoms with E-state index in [1.807, 2.05) is 31.2 Å². The quantitative estimate of drug-likeness (QED) is 0.487. The van der Waals surface area contributed by atoms with Crippen molar-refractivity contribution in [1.29, 1.82) is 0 Å². The van der Waals surface area contributed by atoms with E-state index in [4.69, 9.17) is 14.6 Å². The molecular weight excluding hydrogens is 332 g/mol. The normalized spacial score (nSPS) is 14.8. The summed E-state index contributed by atoms with van der Waals surface area (Å²) in [6.45, 7) is 4.89. The van der Waals surface area contributed by atoms with Crippen molar-refractivity contribution in [2.45, 2.75) is 26.4 Å². The van der Waals surface area contributed by atoms with Gasteiger partial charge in [-0.2, -0.15) is 0 Å². The van der Waals surface area contributed by atoms with Crippen LogP contribution in [0.4, 0.5) is 0 Å². The lowest BCUT2D eigenvalue weighted by atomic mass is 10.1. The Kier molecular flexibility index (Phi) is 7.51. The van der Waals surface area contributed by atoms with Crippen molar-refractivity contribution in [3.8, 4) is 0 Å². The third kappa shape index (κ3) is 6.10. The monoisotopic (exact) mass is 356 g/mol. The van der Waals surface area contributed by atoms with Gasteiger partial charge in [-0.3, -0.25) is 4.79 Å². The van der Waals surface area contributed by atoms with Gasteiger partial charge in [-0.15, -0.1) is 0 Å². The third-order valence-electron chi connectivity index (χ3n) is 3.84. The Morgan fingerprint density at radius 2 is 1.65 bits per heavy atom. The average Bonchev–Trinajstić information content (AvgIpc) is 3.49. The van der Waals surface area contributed by atoms with Crippen LogP contribution >= 0.6 is 0 Å². The Morgan fingerprint density at radius 3 is 2.15 bits per heavy atom. The van der Waals surface area contributed by atoms with Crippen molar-refractivity contribution in [3.63, 3.8) is 0 Å². The number of benzene rings is 2. The summed E-state index contributed by atoms with van der Waals surface area (Å²) in [6.07, 6.45) is 0.453. The van der Waals surface area contributed by atoms with Crippen LogP contribution in [-0.2, 0) is 9.47 Å². The molecule has 138 valence electrons. The van der Waals surface area contributed by atoms with Crippen LogP contribution in [0.1, 0.15) is 51.3 Å². The van der Waals surface area contributed by atoms with E-state index in [-0.39, 0.29) is 30.9 Å². The molecule has 1 aliphatic heterocycles. The second-order valence-corrected chi connectivity index (χ2v) is 5.93. The lowest BCUT2D eigenvalue weighted by Gasteiger charge is -2.01. The van der Waals surface area contributed by atoms with Crippen LogP contribution in [0, 0.1) is 6.92 Å². The maximum absolute atomic E-state index is 11.3. The Morgan fingerprint density at radius 1 is 1.08 bits per heavy atom. The third-order valence-corrected chi connectivity index (χ3v) is 3.84. The first-order chi connectivity index (χ1) is 12.5. The summed E-state index contributed by atoms with van der Waals surface area (Å²) in [4.78, 5) is 22.5. The van der Waals surface area contributed by atoms with E-state index in [0.29, 0.717) is 17.7 Å². The number of epoxide rings is 1. The number of ether oxygens (including phenoxy) is 2. The predicted octanol–water partition coefficient (Wildman–Crippen LogP) is 3.49. The Bertz CT molecular complexity index is 715. The van der Waals surface area contributed by atoms with Crippen LogP contribution in [0.15, 0.2) is 48.5 Å². The molecule has 5 heteroatoms. The van der Waals surface area contributed by atoms with E-state index in [0.717, 1.165) is 17.7 Å². The SMILES string of the molecule is CCOC(=O)c1ccc(C2CO2)cc1.Cc1ccc(C(=O)CCO)cc1. The number of Topliss-reactive ketones (excluding diaryl/α,β-unsaturated/α-hetero) is 1. The molecule has 5 nitrogen and oxygen atoms in total. The van der Waals surface area contributed by atoms with Crippen LogP contribution < -0.4 is 0 Å². The second kappa shape index (κ2) is 9.85. The van der Waals surface area contributed by atoms with Crippen molar-refractivity contribution in [3.05, 3.63) is 70.8 Å². The Labute approximate surface area is 153 Å². The standard InChI is InChI=1S/C11H12O3.C10H12O2/c1-2-13-11(12)9-5-3-8(4-6-9)10-7-14-10;1-8-2-4-9(5-3-8)10(12)6-7-11/h3-6,10H,2,7H2,1H3;2-5,11H,6-7H2,1H3. The average molecular weight is 356 g/mol. The highest BCUT2D eigenvalue weighted by Gasteiger charge is 2.24. The number of carbonyl (C=O) groups is 2. The molecule has 0 saturated carbocycles. The van der Waals surface area contributed by atoms with Gasteiger partial charge in [0.1, 0.15) is 6.10 Å². The molecule has 26 heavy (non-hydrogen) atoms. The van der Waals surface area contributed by atoms with Crippen molar-refractivity contribution in [1.82, 2.24) is 0 Å². The zero-order valence-corrected chi connectivity index (χ0v) is 15.1. The zero-order valence-electron chi connectivity index (χ0n) is 15.1. The maximum Gasteiger partial charge on any atom is 0.338 e. The molecule has 2 aromatic carbocycles. The number of hydrogen-bond acceptors (Lipinski definition) is 5. The number of carbonyl (C=O) groups excluding carboxylic acids is 2. The van der Waals surface area contributed by atoms with Crippen molar-refractivity contribution in [2.24, 2.45) is 0 Å². The fraction of sp³-hybridized carbons (Fsp3) is 0.333. The summed E-state index contributed by atoms with van der Waals surface area (Å²) in [6, 6.07) is 14.7. The first-order valence-electron chi connectivity index (χ1n) is 8.64. The summed E-state index contributed by atoms with van der Waals surface area (Å²) in [7, 11) is 0. The van der Waals surface area contributed by atoms with E-state index in [1.165, 1.54) is 0 Å². The highest BCUT2D eigenvalue weighted by molar-refractivity contribution is 5.96. The van der Waals surface area contributed by atoms with Gasteiger partial charge in [0.25, 0.3) is 0 Å². The molecular formula is C21H24O5. The number of esters is 1. The maximum atomic E-state index is 11.3.